The molecule has 0 aliphatic rings. The lowest BCUT2D eigenvalue weighted by molar-refractivity contribution is 0.0882. The van der Waals surface area contributed by atoms with Gasteiger partial charge in [-0.1, -0.05) is 91.0 Å². The monoisotopic (exact) mass is 357 g/mol. The van der Waals surface area contributed by atoms with Gasteiger partial charge in [0, 0.05) is 11.6 Å². The third kappa shape index (κ3) is 3.86. The number of benzene rings is 3. The molecular formula is C25H27NO. The number of hydrogen-bond donors (Lipinski definition) is 0. The third-order valence-corrected chi connectivity index (χ3v) is 5.44. The van der Waals surface area contributed by atoms with Gasteiger partial charge in [-0.2, -0.15) is 0 Å². The van der Waals surface area contributed by atoms with Crippen molar-refractivity contribution >= 4 is 5.78 Å². The summed E-state index contributed by atoms with van der Waals surface area (Å²) in [4.78, 5) is 16.2. The van der Waals surface area contributed by atoms with Crippen LogP contribution in [-0.4, -0.2) is 30.8 Å². The van der Waals surface area contributed by atoms with Crippen LogP contribution in [0.5, 0.6) is 0 Å². The minimum Gasteiger partial charge on any atom is -0.307 e. The normalized spacial score (nSPS) is 12.7. The molecule has 27 heavy (non-hydrogen) atoms. The fourth-order valence-electron chi connectivity index (χ4n) is 3.66. The number of ketones is 1. The van der Waals surface area contributed by atoms with Crippen molar-refractivity contribution in [2.24, 2.45) is 0 Å². The second-order valence-electron chi connectivity index (χ2n) is 7.35. The zero-order valence-electron chi connectivity index (χ0n) is 16.3. The van der Waals surface area contributed by atoms with Crippen LogP contribution in [0.25, 0.3) is 0 Å². The number of carbonyl (C=O) groups excluding carboxylic acids is 1. The fraction of sp³-hybridized carbons (Fsp3) is 0.240. The van der Waals surface area contributed by atoms with Crippen molar-refractivity contribution in [3.8, 4) is 0 Å². The van der Waals surface area contributed by atoms with Gasteiger partial charge in [0.1, 0.15) is 0 Å². The number of carbonyl (C=O) groups is 1. The Morgan fingerprint density at radius 3 is 1.59 bits per heavy atom. The Bertz CT molecular complexity index is 817. The zero-order valence-corrected chi connectivity index (χ0v) is 16.3. The molecule has 0 amide bonds. The summed E-state index contributed by atoms with van der Waals surface area (Å²) in [5.41, 5.74) is 2.10. The largest absolute Gasteiger partial charge is 0.307 e. The Labute approximate surface area is 162 Å². The summed E-state index contributed by atoms with van der Waals surface area (Å²) in [6.45, 7) is 2.18. The van der Waals surface area contributed by atoms with Crippen LogP contribution in [0.1, 0.15) is 34.8 Å². The van der Waals surface area contributed by atoms with Crippen molar-refractivity contribution in [1.82, 2.24) is 4.90 Å². The van der Waals surface area contributed by atoms with Crippen molar-refractivity contribution in [3.05, 3.63) is 108 Å². The van der Waals surface area contributed by atoms with Crippen LogP contribution in [0.3, 0.4) is 0 Å². The van der Waals surface area contributed by atoms with E-state index >= 15 is 0 Å². The first-order chi connectivity index (χ1) is 13.1. The van der Waals surface area contributed by atoms with E-state index in [1.807, 2.05) is 66.7 Å². The van der Waals surface area contributed by atoms with E-state index in [9.17, 15) is 4.79 Å². The SMILES string of the molecule is CC(CC(C(=O)c1ccccc1)(c1ccccc1)c1ccccc1)N(C)C. The van der Waals surface area contributed by atoms with E-state index < -0.39 is 5.41 Å². The molecule has 2 heteroatoms. The fourth-order valence-corrected chi connectivity index (χ4v) is 3.66. The van der Waals surface area contributed by atoms with Gasteiger partial charge < -0.3 is 4.90 Å². The van der Waals surface area contributed by atoms with E-state index in [1.54, 1.807) is 0 Å². The van der Waals surface area contributed by atoms with Crippen molar-refractivity contribution in [2.75, 3.05) is 14.1 Å². The maximum Gasteiger partial charge on any atom is 0.177 e. The maximum atomic E-state index is 14.0. The second-order valence-corrected chi connectivity index (χ2v) is 7.35. The van der Waals surface area contributed by atoms with E-state index in [1.165, 1.54) is 0 Å². The predicted molar refractivity (Wildman–Crippen MR) is 112 cm³/mol. The lowest BCUT2D eigenvalue weighted by Crippen LogP contribution is -2.43. The molecule has 0 aromatic heterocycles. The molecule has 3 rings (SSSR count). The first kappa shape index (κ1) is 19.1. The topological polar surface area (TPSA) is 20.3 Å². The summed E-state index contributed by atoms with van der Waals surface area (Å²) >= 11 is 0. The van der Waals surface area contributed by atoms with Gasteiger partial charge in [0.15, 0.2) is 5.78 Å². The number of nitrogens with zero attached hydrogens (tertiary/aromatic N) is 1. The summed E-state index contributed by atoms with van der Waals surface area (Å²) in [5.74, 6) is 0.147. The van der Waals surface area contributed by atoms with Gasteiger partial charge in [0.25, 0.3) is 0 Å². The van der Waals surface area contributed by atoms with Crippen LogP contribution >= 0.6 is 0 Å². The summed E-state index contributed by atoms with van der Waals surface area (Å²) in [6.07, 6.45) is 0.710. The highest BCUT2D eigenvalue weighted by Crippen LogP contribution is 2.40. The molecule has 0 spiro atoms. The van der Waals surface area contributed by atoms with Crippen LogP contribution in [0, 0.1) is 0 Å². The van der Waals surface area contributed by atoms with Crippen molar-refractivity contribution in [3.63, 3.8) is 0 Å². The Hall–Kier alpha value is -2.71. The molecule has 0 N–H and O–H groups in total. The lowest BCUT2D eigenvalue weighted by Gasteiger charge is -2.37. The van der Waals surface area contributed by atoms with Crippen LogP contribution in [-0.2, 0) is 5.41 Å². The summed E-state index contributed by atoms with van der Waals surface area (Å²) in [7, 11) is 4.14. The molecule has 3 aromatic rings. The molecule has 0 saturated carbocycles. The molecule has 0 saturated heterocycles. The quantitative estimate of drug-likeness (QED) is 0.542. The molecule has 0 aliphatic heterocycles. The third-order valence-electron chi connectivity index (χ3n) is 5.44. The van der Waals surface area contributed by atoms with Crippen molar-refractivity contribution in [2.45, 2.75) is 24.8 Å². The molecule has 0 bridgehead atoms. The van der Waals surface area contributed by atoms with Crippen LogP contribution in [0.15, 0.2) is 91.0 Å². The molecule has 2 nitrogen and oxygen atoms in total. The molecule has 1 unspecified atom stereocenters. The average molecular weight is 357 g/mol. The molecule has 0 fully saturated rings. The van der Waals surface area contributed by atoms with Crippen molar-refractivity contribution < 1.29 is 4.79 Å². The Kier molecular flexibility index (Phi) is 5.88. The Morgan fingerprint density at radius 2 is 1.19 bits per heavy atom. The highest BCUT2D eigenvalue weighted by Gasteiger charge is 2.43. The van der Waals surface area contributed by atoms with Gasteiger partial charge in [-0.3, -0.25) is 4.79 Å². The highest BCUT2D eigenvalue weighted by atomic mass is 16.1. The van der Waals surface area contributed by atoms with Crippen LogP contribution in [0.4, 0.5) is 0 Å². The second kappa shape index (κ2) is 8.32. The van der Waals surface area contributed by atoms with Crippen molar-refractivity contribution in [1.29, 1.82) is 0 Å². The van der Waals surface area contributed by atoms with Gasteiger partial charge in [0.2, 0.25) is 0 Å². The summed E-state index contributed by atoms with van der Waals surface area (Å²) in [5, 5.41) is 0. The Balaban J connectivity index is 2.26. The van der Waals surface area contributed by atoms with Gasteiger partial charge in [-0.15, -0.1) is 0 Å². The lowest BCUT2D eigenvalue weighted by atomic mass is 9.66. The molecule has 1 atom stereocenters. The minimum atomic E-state index is -0.729. The van der Waals surface area contributed by atoms with E-state index in [4.69, 9.17) is 0 Å². The van der Waals surface area contributed by atoms with E-state index in [2.05, 4.69) is 50.2 Å². The molecule has 0 radical (unpaired) electrons. The molecule has 0 aliphatic carbocycles. The van der Waals surface area contributed by atoms with E-state index in [0.29, 0.717) is 6.42 Å². The first-order valence-electron chi connectivity index (χ1n) is 9.43. The van der Waals surface area contributed by atoms with Gasteiger partial charge in [-0.05, 0) is 38.6 Å². The highest BCUT2D eigenvalue weighted by molar-refractivity contribution is 6.06. The Morgan fingerprint density at radius 1 is 0.778 bits per heavy atom. The van der Waals surface area contributed by atoms with Crippen LogP contribution < -0.4 is 0 Å². The maximum absolute atomic E-state index is 14.0. The van der Waals surface area contributed by atoms with Gasteiger partial charge >= 0.3 is 0 Å². The smallest absolute Gasteiger partial charge is 0.177 e. The average Bonchev–Trinajstić information content (AvgIpc) is 2.73. The number of Topliss-reactive ketones (excluding diaryl/α,β-unsaturated/α-hetero) is 1. The molecular weight excluding hydrogens is 330 g/mol. The zero-order chi connectivity index (χ0) is 19.3. The first-order valence-corrected chi connectivity index (χ1v) is 9.43. The predicted octanol–water partition coefficient (Wildman–Crippen LogP) is 5.20. The minimum absolute atomic E-state index is 0.147. The molecule has 138 valence electrons. The summed E-state index contributed by atoms with van der Waals surface area (Å²) in [6, 6.07) is 30.3. The van der Waals surface area contributed by atoms with Gasteiger partial charge in [0.05, 0.1) is 5.41 Å². The standard InChI is InChI=1S/C25H27NO/c1-20(26(2)3)19-25(22-15-9-5-10-16-22,23-17-11-6-12-18-23)24(27)21-13-7-4-8-14-21/h4-18,20H,19H2,1-3H3. The van der Waals surface area contributed by atoms with Gasteiger partial charge in [-0.25, -0.2) is 0 Å². The molecule has 3 aromatic carbocycles. The summed E-state index contributed by atoms with van der Waals surface area (Å²) < 4.78 is 0. The van der Waals surface area contributed by atoms with E-state index in [0.717, 1.165) is 16.7 Å². The van der Waals surface area contributed by atoms with E-state index in [-0.39, 0.29) is 11.8 Å². The number of hydrogen-bond acceptors (Lipinski definition) is 2. The number of rotatable bonds is 7. The molecule has 0 heterocycles. The van der Waals surface area contributed by atoms with Crippen LogP contribution in [0.2, 0.25) is 0 Å².